The van der Waals surface area contributed by atoms with Gasteiger partial charge in [-0.25, -0.2) is 0 Å². The Kier molecular flexibility index (Phi) is 3.19. The zero-order valence-electron chi connectivity index (χ0n) is 8.69. The van der Waals surface area contributed by atoms with E-state index in [0.29, 0.717) is 11.1 Å². The topological polar surface area (TPSA) is 77.8 Å². The van der Waals surface area contributed by atoms with E-state index < -0.39 is 11.9 Å². The molecule has 0 aliphatic heterocycles. The van der Waals surface area contributed by atoms with Crippen molar-refractivity contribution in [3.63, 3.8) is 0 Å². The van der Waals surface area contributed by atoms with Crippen molar-refractivity contribution in [3.8, 4) is 11.5 Å². The van der Waals surface area contributed by atoms with E-state index in [2.05, 4.69) is 0 Å². The number of rotatable bonds is 3. The fourth-order valence-corrected chi connectivity index (χ4v) is 1.30. The van der Waals surface area contributed by atoms with E-state index in [1.807, 2.05) is 0 Å². The molecule has 0 amide bonds. The van der Waals surface area contributed by atoms with Gasteiger partial charge in [0.2, 0.25) is 0 Å². The van der Waals surface area contributed by atoms with Crippen molar-refractivity contribution in [1.82, 2.24) is 0 Å². The third kappa shape index (κ3) is 2.40. The van der Waals surface area contributed by atoms with E-state index in [1.54, 1.807) is 26.0 Å². The SMILES string of the molecule is Cc1ccc(CC(C)C(=O)O)c(O)c1O. The van der Waals surface area contributed by atoms with E-state index in [4.69, 9.17) is 5.11 Å². The first-order chi connectivity index (χ1) is 6.93. The molecular formula is C11H14O4. The molecule has 15 heavy (non-hydrogen) atoms. The van der Waals surface area contributed by atoms with E-state index in [9.17, 15) is 15.0 Å². The van der Waals surface area contributed by atoms with Crippen LogP contribution in [0.3, 0.4) is 0 Å². The van der Waals surface area contributed by atoms with Crippen molar-refractivity contribution >= 4 is 5.97 Å². The first-order valence-corrected chi connectivity index (χ1v) is 4.66. The molecule has 0 bridgehead atoms. The summed E-state index contributed by atoms with van der Waals surface area (Å²) in [6, 6.07) is 3.28. The van der Waals surface area contributed by atoms with Crippen molar-refractivity contribution in [2.75, 3.05) is 0 Å². The zero-order chi connectivity index (χ0) is 11.6. The Morgan fingerprint density at radius 3 is 2.47 bits per heavy atom. The van der Waals surface area contributed by atoms with Gasteiger partial charge in [0.15, 0.2) is 11.5 Å². The smallest absolute Gasteiger partial charge is 0.306 e. The molecule has 1 unspecified atom stereocenters. The standard InChI is InChI=1S/C11H14O4/c1-6-3-4-8(10(13)9(6)12)5-7(2)11(14)15/h3-4,7,12-13H,5H2,1-2H3,(H,14,15). The van der Waals surface area contributed by atoms with Crippen LogP contribution in [0.4, 0.5) is 0 Å². The Hall–Kier alpha value is -1.71. The van der Waals surface area contributed by atoms with E-state index >= 15 is 0 Å². The van der Waals surface area contributed by atoms with Crippen LogP contribution in [-0.2, 0) is 11.2 Å². The summed E-state index contributed by atoms with van der Waals surface area (Å²) in [4.78, 5) is 10.6. The van der Waals surface area contributed by atoms with Gasteiger partial charge in [0.05, 0.1) is 5.92 Å². The van der Waals surface area contributed by atoms with Gasteiger partial charge in [-0.2, -0.15) is 0 Å². The zero-order valence-corrected chi connectivity index (χ0v) is 8.69. The molecule has 0 aliphatic carbocycles. The second-order valence-corrected chi connectivity index (χ2v) is 3.68. The lowest BCUT2D eigenvalue weighted by molar-refractivity contribution is -0.141. The van der Waals surface area contributed by atoms with Crippen molar-refractivity contribution in [2.24, 2.45) is 5.92 Å². The number of benzene rings is 1. The summed E-state index contributed by atoms with van der Waals surface area (Å²) in [6.45, 7) is 3.22. The van der Waals surface area contributed by atoms with E-state index in [0.717, 1.165) is 0 Å². The number of phenolic OH excluding ortho intramolecular Hbond substituents is 2. The minimum absolute atomic E-state index is 0.176. The number of hydrogen-bond acceptors (Lipinski definition) is 3. The van der Waals surface area contributed by atoms with Crippen molar-refractivity contribution in [1.29, 1.82) is 0 Å². The van der Waals surface area contributed by atoms with Gasteiger partial charge in [0, 0.05) is 0 Å². The normalized spacial score (nSPS) is 12.4. The lowest BCUT2D eigenvalue weighted by Gasteiger charge is -2.10. The van der Waals surface area contributed by atoms with Crippen molar-refractivity contribution < 1.29 is 20.1 Å². The predicted octanol–water partition coefficient (Wildman–Crippen LogP) is 1.67. The molecule has 3 N–H and O–H groups in total. The Balaban J connectivity index is 2.97. The third-order valence-corrected chi connectivity index (χ3v) is 2.38. The van der Waals surface area contributed by atoms with Crippen LogP contribution < -0.4 is 0 Å². The summed E-state index contributed by atoms with van der Waals surface area (Å²) in [5.74, 6) is -1.90. The fraction of sp³-hybridized carbons (Fsp3) is 0.364. The Morgan fingerprint density at radius 2 is 1.93 bits per heavy atom. The number of aryl methyl sites for hydroxylation is 1. The van der Waals surface area contributed by atoms with Crippen LogP contribution in [0.15, 0.2) is 12.1 Å². The molecule has 0 saturated carbocycles. The molecule has 1 rings (SSSR count). The van der Waals surface area contributed by atoms with Crippen LogP contribution >= 0.6 is 0 Å². The van der Waals surface area contributed by atoms with Gasteiger partial charge in [-0.15, -0.1) is 0 Å². The highest BCUT2D eigenvalue weighted by molar-refractivity contribution is 5.70. The minimum Gasteiger partial charge on any atom is -0.504 e. The molecular weight excluding hydrogens is 196 g/mol. The molecule has 0 fully saturated rings. The number of hydrogen-bond donors (Lipinski definition) is 3. The van der Waals surface area contributed by atoms with Crippen molar-refractivity contribution in [2.45, 2.75) is 20.3 Å². The molecule has 0 saturated heterocycles. The van der Waals surface area contributed by atoms with Gasteiger partial charge in [-0.3, -0.25) is 4.79 Å². The van der Waals surface area contributed by atoms with Gasteiger partial charge in [-0.05, 0) is 24.5 Å². The van der Waals surface area contributed by atoms with Gasteiger partial charge in [-0.1, -0.05) is 19.1 Å². The highest BCUT2D eigenvalue weighted by atomic mass is 16.4. The second-order valence-electron chi connectivity index (χ2n) is 3.68. The second kappa shape index (κ2) is 4.21. The van der Waals surface area contributed by atoms with Gasteiger partial charge >= 0.3 is 5.97 Å². The largest absolute Gasteiger partial charge is 0.504 e. The first-order valence-electron chi connectivity index (χ1n) is 4.66. The highest BCUT2D eigenvalue weighted by Gasteiger charge is 2.16. The van der Waals surface area contributed by atoms with Gasteiger partial charge < -0.3 is 15.3 Å². The molecule has 1 aromatic rings. The monoisotopic (exact) mass is 210 g/mol. The molecule has 0 aromatic heterocycles. The summed E-state index contributed by atoms with van der Waals surface area (Å²) in [7, 11) is 0. The number of carboxylic acids is 1. The van der Waals surface area contributed by atoms with Crippen LogP contribution in [0, 0.1) is 12.8 Å². The molecule has 82 valence electrons. The maximum Gasteiger partial charge on any atom is 0.306 e. The van der Waals surface area contributed by atoms with Crippen LogP contribution in [0.1, 0.15) is 18.1 Å². The maximum atomic E-state index is 10.6. The molecule has 0 spiro atoms. The van der Waals surface area contributed by atoms with Crippen molar-refractivity contribution in [3.05, 3.63) is 23.3 Å². The third-order valence-electron chi connectivity index (χ3n) is 2.38. The van der Waals surface area contributed by atoms with E-state index in [-0.39, 0.29) is 17.9 Å². The summed E-state index contributed by atoms with van der Waals surface area (Å²) >= 11 is 0. The maximum absolute atomic E-state index is 10.6. The lowest BCUT2D eigenvalue weighted by Crippen LogP contribution is -2.12. The summed E-state index contributed by atoms with van der Waals surface area (Å²) in [5.41, 5.74) is 1.02. The Bertz CT molecular complexity index is 384. The summed E-state index contributed by atoms with van der Waals surface area (Å²) in [5, 5.41) is 27.7. The number of aliphatic carboxylic acids is 1. The van der Waals surface area contributed by atoms with E-state index in [1.165, 1.54) is 0 Å². The summed E-state index contributed by atoms with van der Waals surface area (Å²) in [6.07, 6.45) is 0.203. The molecule has 4 heteroatoms. The molecule has 0 heterocycles. The van der Waals surface area contributed by atoms with Gasteiger partial charge in [0.1, 0.15) is 0 Å². The minimum atomic E-state index is -0.922. The number of carboxylic acid groups (broad SMARTS) is 1. The number of carbonyl (C=O) groups is 1. The van der Waals surface area contributed by atoms with Crippen LogP contribution in [-0.4, -0.2) is 21.3 Å². The quantitative estimate of drug-likeness (QED) is 0.663. The Morgan fingerprint density at radius 1 is 1.33 bits per heavy atom. The molecule has 0 radical (unpaired) electrons. The molecule has 0 aliphatic rings. The van der Waals surface area contributed by atoms with Crippen LogP contribution in [0.25, 0.3) is 0 Å². The first kappa shape index (κ1) is 11.4. The van der Waals surface area contributed by atoms with Crippen LogP contribution in [0.5, 0.6) is 11.5 Å². The number of phenols is 2. The predicted molar refractivity (Wildman–Crippen MR) is 55.0 cm³/mol. The average Bonchev–Trinajstić information content (AvgIpc) is 2.18. The summed E-state index contributed by atoms with van der Waals surface area (Å²) < 4.78 is 0. The van der Waals surface area contributed by atoms with Crippen LogP contribution in [0.2, 0.25) is 0 Å². The highest BCUT2D eigenvalue weighted by Crippen LogP contribution is 2.33. The molecule has 1 aromatic carbocycles. The lowest BCUT2D eigenvalue weighted by atomic mass is 9.99. The Labute approximate surface area is 87.8 Å². The fourth-order valence-electron chi connectivity index (χ4n) is 1.30. The average molecular weight is 210 g/mol. The molecule has 1 atom stereocenters. The molecule has 4 nitrogen and oxygen atoms in total. The van der Waals surface area contributed by atoms with Gasteiger partial charge in [0.25, 0.3) is 0 Å². The number of aromatic hydroxyl groups is 2.